The molecule has 2 heterocycles. The first-order valence-corrected chi connectivity index (χ1v) is 12.4. The number of hydrogen-bond donors (Lipinski definition) is 2. The fourth-order valence-electron chi connectivity index (χ4n) is 4.13. The predicted molar refractivity (Wildman–Crippen MR) is 146 cm³/mol. The summed E-state index contributed by atoms with van der Waals surface area (Å²) in [5.74, 6) is -1.97. The SMILES string of the molecule is CCOC(=O)C1=C(C)N(c2ccccc2)C(=O)/C1=C/c1ccc(CNC(=O)C(=O)Nc2ccc(C)c(C)c2)o1. The monoisotopic (exact) mass is 527 g/mol. The second-order valence-corrected chi connectivity index (χ2v) is 8.95. The predicted octanol–water partition coefficient (Wildman–Crippen LogP) is 4.42. The first-order chi connectivity index (χ1) is 18.7. The summed E-state index contributed by atoms with van der Waals surface area (Å²) in [7, 11) is 0. The van der Waals surface area contributed by atoms with E-state index in [9.17, 15) is 19.2 Å². The molecule has 0 aliphatic carbocycles. The lowest BCUT2D eigenvalue weighted by Gasteiger charge is -2.17. The Morgan fingerprint density at radius 1 is 0.949 bits per heavy atom. The third-order valence-corrected chi connectivity index (χ3v) is 6.26. The summed E-state index contributed by atoms with van der Waals surface area (Å²) in [4.78, 5) is 52.2. The highest BCUT2D eigenvalue weighted by molar-refractivity contribution is 6.39. The van der Waals surface area contributed by atoms with Crippen molar-refractivity contribution < 1.29 is 28.3 Å². The molecule has 200 valence electrons. The summed E-state index contributed by atoms with van der Waals surface area (Å²) in [6, 6.07) is 17.6. The number of nitrogens with one attached hydrogen (secondary N) is 2. The van der Waals surface area contributed by atoms with Gasteiger partial charge in [-0.3, -0.25) is 19.3 Å². The summed E-state index contributed by atoms with van der Waals surface area (Å²) < 4.78 is 11.0. The highest BCUT2D eigenvalue weighted by Crippen LogP contribution is 2.35. The van der Waals surface area contributed by atoms with Crippen molar-refractivity contribution in [3.8, 4) is 0 Å². The van der Waals surface area contributed by atoms with Gasteiger partial charge < -0.3 is 19.8 Å². The minimum absolute atomic E-state index is 0.0496. The third-order valence-electron chi connectivity index (χ3n) is 6.26. The zero-order chi connectivity index (χ0) is 28.1. The van der Waals surface area contributed by atoms with E-state index in [0.717, 1.165) is 11.1 Å². The number of esters is 1. The van der Waals surface area contributed by atoms with E-state index in [-0.39, 0.29) is 24.3 Å². The molecule has 1 aliphatic heterocycles. The summed E-state index contributed by atoms with van der Waals surface area (Å²) in [5, 5.41) is 5.09. The number of allylic oxidation sites excluding steroid dienone is 1. The van der Waals surface area contributed by atoms with Crippen molar-refractivity contribution in [2.45, 2.75) is 34.2 Å². The highest BCUT2D eigenvalue weighted by atomic mass is 16.5. The van der Waals surface area contributed by atoms with Crippen molar-refractivity contribution in [3.05, 3.63) is 100 Å². The van der Waals surface area contributed by atoms with Gasteiger partial charge in [0.15, 0.2) is 0 Å². The highest BCUT2D eigenvalue weighted by Gasteiger charge is 2.38. The fraction of sp³-hybridized carbons (Fsp3) is 0.200. The Bertz CT molecular complexity index is 1500. The van der Waals surface area contributed by atoms with Gasteiger partial charge in [0.1, 0.15) is 11.5 Å². The molecule has 9 nitrogen and oxygen atoms in total. The number of amides is 3. The molecule has 2 N–H and O–H groups in total. The lowest BCUT2D eigenvalue weighted by Crippen LogP contribution is -2.34. The minimum Gasteiger partial charge on any atom is -0.462 e. The van der Waals surface area contributed by atoms with Crippen LogP contribution >= 0.6 is 0 Å². The molecule has 0 saturated heterocycles. The van der Waals surface area contributed by atoms with E-state index in [4.69, 9.17) is 9.15 Å². The largest absolute Gasteiger partial charge is 0.462 e. The van der Waals surface area contributed by atoms with E-state index in [1.165, 1.54) is 11.0 Å². The molecule has 0 saturated carbocycles. The Kier molecular flexibility index (Phi) is 8.10. The maximum atomic E-state index is 13.4. The second kappa shape index (κ2) is 11.6. The first kappa shape index (κ1) is 27.1. The van der Waals surface area contributed by atoms with Gasteiger partial charge in [0.25, 0.3) is 5.91 Å². The van der Waals surface area contributed by atoms with E-state index in [0.29, 0.717) is 28.6 Å². The Morgan fingerprint density at radius 3 is 2.38 bits per heavy atom. The average molecular weight is 528 g/mol. The number of carbonyl (C=O) groups is 4. The molecule has 1 aliphatic rings. The van der Waals surface area contributed by atoms with E-state index in [2.05, 4.69) is 10.6 Å². The van der Waals surface area contributed by atoms with Crippen LogP contribution in [0, 0.1) is 13.8 Å². The number of hydrogen-bond acceptors (Lipinski definition) is 6. The molecular formula is C30H29N3O6. The number of aryl methyl sites for hydroxylation is 2. The van der Waals surface area contributed by atoms with Crippen molar-refractivity contribution in [1.82, 2.24) is 5.32 Å². The van der Waals surface area contributed by atoms with Crippen molar-refractivity contribution in [2.75, 3.05) is 16.8 Å². The number of furan rings is 1. The van der Waals surface area contributed by atoms with Crippen molar-refractivity contribution in [3.63, 3.8) is 0 Å². The van der Waals surface area contributed by atoms with Crippen LogP contribution in [0.1, 0.15) is 36.5 Å². The fourth-order valence-corrected chi connectivity index (χ4v) is 4.13. The van der Waals surface area contributed by atoms with Gasteiger partial charge in [0.05, 0.1) is 24.3 Å². The number of para-hydroxylation sites is 1. The van der Waals surface area contributed by atoms with Gasteiger partial charge in [-0.15, -0.1) is 0 Å². The zero-order valence-electron chi connectivity index (χ0n) is 22.2. The summed E-state index contributed by atoms with van der Waals surface area (Å²) in [5.41, 5.74) is 3.95. The van der Waals surface area contributed by atoms with Gasteiger partial charge in [-0.25, -0.2) is 4.79 Å². The molecule has 0 fully saturated rings. The number of carbonyl (C=O) groups excluding carboxylic acids is 4. The van der Waals surface area contributed by atoms with Crippen molar-refractivity contribution >= 4 is 41.1 Å². The standard InChI is InChI=1S/C30H29N3O6/c1-5-38-30(37)26-20(4)33(22-9-7-6-8-10-22)29(36)25(26)16-23-13-14-24(39-23)17-31-27(34)28(35)32-21-12-11-18(2)19(3)15-21/h6-16H,5,17H2,1-4H3,(H,31,34)(H,32,35)/b25-16+. The lowest BCUT2D eigenvalue weighted by molar-refractivity contribution is -0.138. The summed E-state index contributed by atoms with van der Waals surface area (Å²) in [6.45, 7) is 7.36. The molecule has 2 aromatic carbocycles. The van der Waals surface area contributed by atoms with Crippen LogP contribution in [-0.2, 0) is 30.5 Å². The minimum atomic E-state index is -0.822. The molecule has 0 spiro atoms. The first-order valence-electron chi connectivity index (χ1n) is 12.4. The molecular weight excluding hydrogens is 498 g/mol. The summed E-state index contributed by atoms with van der Waals surface area (Å²) >= 11 is 0. The maximum Gasteiger partial charge on any atom is 0.340 e. The normalized spacial score (nSPS) is 14.1. The second-order valence-electron chi connectivity index (χ2n) is 8.95. The van der Waals surface area contributed by atoms with Gasteiger partial charge in [-0.1, -0.05) is 24.3 Å². The molecule has 3 aromatic rings. The van der Waals surface area contributed by atoms with Gasteiger partial charge in [-0.2, -0.15) is 0 Å². The summed E-state index contributed by atoms with van der Waals surface area (Å²) in [6.07, 6.45) is 1.47. The van der Waals surface area contributed by atoms with Crippen LogP contribution in [0.5, 0.6) is 0 Å². The smallest absolute Gasteiger partial charge is 0.340 e. The topological polar surface area (TPSA) is 118 Å². The number of rotatable bonds is 7. The molecule has 0 radical (unpaired) electrons. The number of benzene rings is 2. The van der Waals surface area contributed by atoms with E-state index in [1.807, 2.05) is 26.0 Å². The van der Waals surface area contributed by atoms with Crippen LogP contribution in [0.4, 0.5) is 11.4 Å². The van der Waals surface area contributed by atoms with Crippen LogP contribution in [0.2, 0.25) is 0 Å². The molecule has 9 heteroatoms. The number of anilines is 2. The van der Waals surface area contributed by atoms with Crippen LogP contribution in [-0.4, -0.2) is 30.3 Å². The molecule has 0 unspecified atom stereocenters. The van der Waals surface area contributed by atoms with Gasteiger partial charge in [-0.05, 0) is 81.3 Å². The van der Waals surface area contributed by atoms with Crippen molar-refractivity contribution in [1.29, 1.82) is 0 Å². The van der Waals surface area contributed by atoms with E-state index >= 15 is 0 Å². The Labute approximate surface area is 226 Å². The average Bonchev–Trinajstić information content (AvgIpc) is 3.46. The van der Waals surface area contributed by atoms with E-state index in [1.54, 1.807) is 62.4 Å². The molecule has 0 bridgehead atoms. The van der Waals surface area contributed by atoms with E-state index < -0.39 is 23.7 Å². The molecule has 1 aromatic heterocycles. The van der Waals surface area contributed by atoms with Crippen LogP contribution < -0.4 is 15.5 Å². The van der Waals surface area contributed by atoms with Gasteiger partial charge >= 0.3 is 17.8 Å². The molecule has 4 rings (SSSR count). The van der Waals surface area contributed by atoms with Gasteiger partial charge in [0.2, 0.25) is 0 Å². The Morgan fingerprint density at radius 2 is 1.69 bits per heavy atom. The van der Waals surface area contributed by atoms with Gasteiger partial charge in [0, 0.05) is 17.1 Å². The quantitative estimate of drug-likeness (QED) is 0.267. The zero-order valence-corrected chi connectivity index (χ0v) is 22.2. The van der Waals surface area contributed by atoms with Crippen molar-refractivity contribution in [2.24, 2.45) is 0 Å². The molecule has 0 atom stereocenters. The number of nitrogens with zero attached hydrogens (tertiary/aromatic N) is 1. The Balaban J connectivity index is 1.48. The maximum absolute atomic E-state index is 13.4. The van der Waals surface area contributed by atoms with Crippen LogP contribution in [0.3, 0.4) is 0 Å². The Hall–Kier alpha value is -4.92. The number of ether oxygens (including phenoxy) is 1. The van der Waals surface area contributed by atoms with Crippen LogP contribution in [0.25, 0.3) is 6.08 Å². The molecule has 3 amide bonds. The van der Waals surface area contributed by atoms with Crippen LogP contribution in [0.15, 0.2) is 81.9 Å². The lowest BCUT2D eigenvalue weighted by atomic mass is 10.1. The molecule has 39 heavy (non-hydrogen) atoms. The third kappa shape index (κ3) is 5.98.